The second-order valence-electron chi connectivity index (χ2n) is 5.57. The van der Waals surface area contributed by atoms with E-state index in [1.54, 1.807) is 11.3 Å². The highest BCUT2D eigenvalue weighted by Gasteiger charge is 2.32. The lowest BCUT2D eigenvalue weighted by Crippen LogP contribution is -2.47. The number of urea groups is 1. The zero-order valence-electron chi connectivity index (χ0n) is 12.3. The SMILES string of the molecule is CCc1ccc(C(=O)N2CCC(N3CCNC3=O)CC2)s1. The van der Waals surface area contributed by atoms with E-state index in [-0.39, 0.29) is 18.0 Å². The maximum absolute atomic E-state index is 12.5. The third kappa shape index (κ3) is 2.90. The predicted octanol–water partition coefficient (Wildman–Crippen LogP) is 1.94. The lowest BCUT2D eigenvalue weighted by atomic mass is 10.0. The van der Waals surface area contributed by atoms with E-state index in [4.69, 9.17) is 0 Å². The Balaban J connectivity index is 1.57. The normalized spacial score (nSPS) is 20.0. The van der Waals surface area contributed by atoms with E-state index in [1.807, 2.05) is 21.9 Å². The van der Waals surface area contributed by atoms with Crippen molar-refractivity contribution in [2.75, 3.05) is 26.2 Å². The molecule has 114 valence electrons. The van der Waals surface area contributed by atoms with Crippen LogP contribution in [0.5, 0.6) is 0 Å². The van der Waals surface area contributed by atoms with Crippen LogP contribution < -0.4 is 5.32 Å². The summed E-state index contributed by atoms with van der Waals surface area (Å²) in [5, 5.41) is 2.84. The van der Waals surface area contributed by atoms with E-state index in [2.05, 4.69) is 12.2 Å². The third-order valence-electron chi connectivity index (χ3n) is 4.30. The van der Waals surface area contributed by atoms with Crippen LogP contribution >= 0.6 is 11.3 Å². The number of hydrogen-bond donors (Lipinski definition) is 1. The van der Waals surface area contributed by atoms with Gasteiger partial charge in [-0.05, 0) is 31.4 Å². The molecule has 2 saturated heterocycles. The van der Waals surface area contributed by atoms with Crippen LogP contribution in [0.25, 0.3) is 0 Å². The molecule has 21 heavy (non-hydrogen) atoms. The second-order valence-corrected chi connectivity index (χ2v) is 6.74. The summed E-state index contributed by atoms with van der Waals surface area (Å²) in [6, 6.07) is 4.31. The van der Waals surface area contributed by atoms with E-state index in [0.717, 1.165) is 50.3 Å². The molecule has 1 aromatic rings. The minimum Gasteiger partial charge on any atom is -0.338 e. The first kappa shape index (κ1) is 14.4. The number of aryl methyl sites for hydroxylation is 1. The van der Waals surface area contributed by atoms with Gasteiger partial charge in [-0.1, -0.05) is 6.92 Å². The molecule has 0 saturated carbocycles. The predicted molar refractivity (Wildman–Crippen MR) is 82.7 cm³/mol. The van der Waals surface area contributed by atoms with Crippen molar-refractivity contribution >= 4 is 23.3 Å². The number of nitrogens with zero attached hydrogens (tertiary/aromatic N) is 2. The first-order valence-electron chi connectivity index (χ1n) is 7.61. The molecular weight excluding hydrogens is 286 g/mol. The molecule has 5 nitrogen and oxygen atoms in total. The van der Waals surface area contributed by atoms with Crippen molar-refractivity contribution in [3.63, 3.8) is 0 Å². The number of piperidine rings is 1. The van der Waals surface area contributed by atoms with Gasteiger partial charge in [0, 0.05) is 37.1 Å². The fraction of sp³-hybridized carbons (Fsp3) is 0.600. The van der Waals surface area contributed by atoms with Crippen LogP contribution in [0.2, 0.25) is 0 Å². The van der Waals surface area contributed by atoms with Crippen LogP contribution in [0.1, 0.15) is 34.3 Å². The molecular formula is C15H21N3O2S. The highest BCUT2D eigenvalue weighted by Crippen LogP contribution is 2.23. The Morgan fingerprint density at radius 2 is 2.10 bits per heavy atom. The maximum Gasteiger partial charge on any atom is 0.317 e. The van der Waals surface area contributed by atoms with Crippen LogP contribution in [0.15, 0.2) is 12.1 Å². The minimum atomic E-state index is 0.0469. The van der Waals surface area contributed by atoms with Crippen molar-refractivity contribution in [1.82, 2.24) is 15.1 Å². The Labute approximate surface area is 128 Å². The average molecular weight is 307 g/mol. The lowest BCUT2D eigenvalue weighted by Gasteiger charge is -2.35. The quantitative estimate of drug-likeness (QED) is 0.928. The first-order chi connectivity index (χ1) is 10.2. The highest BCUT2D eigenvalue weighted by atomic mass is 32.1. The number of carbonyl (C=O) groups is 2. The number of rotatable bonds is 3. The van der Waals surface area contributed by atoms with Crippen molar-refractivity contribution in [3.8, 4) is 0 Å². The number of likely N-dealkylation sites (tertiary alicyclic amines) is 1. The maximum atomic E-state index is 12.5. The summed E-state index contributed by atoms with van der Waals surface area (Å²) < 4.78 is 0. The Kier molecular flexibility index (Phi) is 4.14. The van der Waals surface area contributed by atoms with Gasteiger partial charge in [-0.3, -0.25) is 4.79 Å². The van der Waals surface area contributed by atoms with E-state index < -0.39 is 0 Å². The molecule has 3 amide bonds. The van der Waals surface area contributed by atoms with Gasteiger partial charge < -0.3 is 15.1 Å². The fourth-order valence-corrected chi connectivity index (χ4v) is 3.97. The van der Waals surface area contributed by atoms with Crippen molar-refractivity contribution in [3.05, 3.63) is 21.9 Å². The van der Waals surface area contributed by atoms with E-state index in [1.165, 1.54) is 4.88 Å². The van der Waals surface area contributed by atoms with Gasteiger partial charge in [0.15, 0.2) is 0 Å². The fourth-order valence-electron chi connectivity index (χ4n) is 3.05. The molecule has 1 N–H and O–H groups in total. The van der Waals surface area contributed by atoms with Crippen molar-refractivity contribution < 1.29 is 9.59 Å². The summed E-state index contributed by atoms with van der Waals surface area (Å²) >= 11 is 1.60. The van der Waals surface area contributed by atoms with Crippen molar-refractivity contribution in [2.24, 2.45) is 0 Å². The Morgan fingerprint density at radius 1 is 1.33 bits per heavy atom. The van der Waals surface area contributed by atoms with E-state index in [0.29, 0.717) is 0 Å². The number of nitrogens with one attached hydrogen (secondary N) is 1. The molecule has 2 aliphatic rings. The molecule has 0 aliphatic carbocycles. The summed E-state index contributed by atoms with van der Waals surface area (Å²) in [6.45, 7) is 5.13. The van der Waals surface area contributed by atoms with Crippen LogP contribution in [0.4, 0.5) is 4.79 Å². The summed E-state index contributed by atoms with van der Waals surface area (Å²) in [5.41, 5.74) is 0. The number of carbonyl (C=O) groups excluding carboxylic acids is 2. The van der Waals surface area contributed by atoms with Crippen LogP contribution in [-0.2, 0) is 6.42 Å². The molecule has 1 aromatic heterocycles. The molecule has 2 fully saturated rings. The van der Waals surface area contributed by atoms with Crippen LogP contribution in [-0.4, -0.2) is 54.0 Å². The standard InChI is InChI=1S/C15H21N3O2S/c1-2-12-3-4-13(21-12)14(19)17-8-5-11(6-9-17)18-10-7-16-15(18)20/h3-4,11H,2,5-10H2,1H3,(H,16,20). The highest BCUT2D eigenvalue weighted by molar-refractivity contribution is 7.14. The van der Waals surface area contributed by atoms with E-state index in [9.17, 15) is 9.59 Å². The van der Waals surface area contributed by atoms with Gasteiger partial charge in [0.2, 0.25) is 0 Å². The number of thiophene rings is 1. The molecule has 2 aliphatic heterocycles. The topological polar surface area (TPSA) is 52.7 Å². The molecule has 3 rings (SSSR count). The Bertz CT molecular complexity index is 535. The van der Waals surface area contributed by atoms with Crippen molar-refractivity contribution in [2.45, 2.75) is 32.2 Å². The summed E-state index contributed by atoms with van der Waals surface area (Å²) in [7, 11) is 0. The lowest BCUT2D eigenvalue weighted by molar-refractivity contribution is 0.0671. The Morgan fingerprint density at radius 3 is 2.67 bits per heavy atom. The van der Waals surface area contributed by atoms with Crippen molar-refractivity contribution in [1.29, 1.82) is 0 Å². The first-order valence-corrected chi connectivity index (χ1v) is 8.43. The summed E-state index contributed by atoms with van der Waals surface area (Å²) in [6.07, 6.45) is 2.74. The minimum absolute atomic E-state index is 0.0469. The molecule has 0 unspecified atom stereocenters. The zero-order valence-corrected chi connectivity index (χ0v) is 13.1. The zero-order chi connectivity index (χ0) is 14.8. The van der Waals surface area contributed by atoms with Gasteiger partial charge in [-0.2, -0.15) is 0 Å². The van der Waals surface area contributed by atoms with E-state index >= 15 is 0 Å². The Hall–Kier alpha value is -1.56. The summed E-state index contributed by atoms with van der Waals surface area (Å²) in [5.74, 6) is 0.143. The van der Waals surface area contributed by atoms with Gasteiger partial charge in [0.25, 0.3) is 5.91 Å². The average Bonchev–Trinajstić information content (AvgIpc) is 3.15. The number of amides is 3. The second kappa shape index (κ2) is 6.05. The molecule has 0 bridgehead atoms. The van der Waals surface area contributed by atoms with Gasteiger partial charge >= 0.3 is 6.03 Å². The van der Waals surface area contributed by atoms with Gasteiger partial charge in [0.05, 0.1) is 4.88 Å². The molecule has 0 spiro atoms. The summed E-state index contributed by atoms with van der Waals surface area (Å²) in [4.78, 5) is 30.1. The molecule has 3 heterocycles. The molecule has 6 heteroatoms. The largest absolute Gasteiger partial charge is 0.338 e. The monoisotopic (exact) mass is 307 g/mol. The smallest absolute Gasteiger partial charge is 0.317 e. The van der Waals surface area contributed by atoms with Gasteiger partial charge in [-0.25, -0.2) is 4.79 Å². The number of hydrogen-bond acceptors (Lipinski definition) is 3. The van der Waals surface area contributed by atoms with Crippen LogP contribution in [0, 0.1) is 0 Å². The molecule has 0 radical (unpaired) electrons. The van der Waals surface area contributed by atoms with Gasteiger partial charge in [0.1, 0.15) is 0 Å². The van der Waals surface area contributed by atoms with Crippen LogP contribution in [0.3, 0.4) is 0 Å². The molecule has 0 atom stereocenters. The third-order valence-corrected chi connectivity index (χ3v) is 5.52. The molecule has 0 aromatic carbocycles. The van der Waals surface area contributed by atoms with Gasteiger partial charge in [-0.15, -0.1) is 11.3 Å².